The Bertz CT molecular complexity index is 1490. The lowest BCUT2D eigenvalue weighted by atomic mass is 9.95. The molecule has 4 aromatic rings. The molecule has 0 aliphatic carbocycles. The van der Waals surface area contributed by atoms with Crippen LogP contribution in [0.15, 0.2) is 95.0 Å². The predicted octanol–water partition coefficient (Wildman–Crippen LogP) is 6.19. The standard InChI is InChI=1S/C30H26N2O6/c1-3-16-36-22-14-12-20(13-15-22)28(33)26-27(32(30(35)29(26)34)25-17-19(2)38-31-25)21-8-7-11-24(18-21)37-23-9-5-4-6-10-23/h4-15,17-18,27,33H,3,16H2,1-2H3. The molecule has 1 fully saturated rings. The van der Waals surface area contributed by atoms with Crippen LogP contribution in [0.1, 0.15) is 36.3 Å². The van der Waals surface area contributed by atoms with Crippen molar-refractivity contribution in [3.05, 3.63) is 107 Å². The second kappa shape index (κ2) is 10.6. The Balaban J connectivity index is 1.60. The van der Waals surface area contributed by atoms with Crippen LogP contribution in [0, 0.1) is 6.92 Å². The first-order chi connectivity index (χ1) is 18.5. The van der Waals surface area contributed by atoms with E-state index < -0.39 is 17.7 Å². The highest BCUT2D eigenvalue weighted by molar-refractivity contribution is 6.51. The first-order valence-electron chi connectivity index (χ1n) is 12.3. The van der Waals surface area contributed by atoms with Gasteiger partial charge in [0.2, 0.25) is 0 Å². The molecule has 1 amide bonds. The number of aliphatic hydroxyl groups is 1. The van der Waals surface area contributed by atoms with E-state index in [2.05, 4.69) is 5.16 Å². The number of ether oxygens (including phenoxy) is 2. The molecule has 38 heavy (non-hydrogen) atoms. The lowest BCUT2D eigenvalue weighted by Crippen LogP contribution is -2.29. The number of aromatic nitrogens is 1. The van der Waals surface area contributed by atoms with E-state index in [1.54, 1.807) is 61.5 Å². The zero-order chi connectivity index (χ0) is 26.6. The summed E-state index contributed by atoms with van der Waals surface area (Å²) in [6.45, 7) is 4.27. The third kappa shape index (κ3) is 4.88. The van der Waals surface area contributed by atoms with Gasteiger partial charge in [0, 0.05) is 11.6 Å². The van der Waals surface area contributed by atoms with Crippen molar-refractivity contribution in [2.75, 3.05) is 11.5 Å². The molecule has 0 radical (unpaired) electrons. The quantitative estimate of drug-likeness (QED) is 0.171. The summed E-state index contributed by atoms with van der Waals surface area (Å²) in [7, 11) is 0. The SMILES string of the molecule is CCCOc1ccc(C(O)=C2C(=O)C(=O)N(c3cc(C)on3)C2c2cccc(Oc3ccccc3)c2)cc1. The minimum atomic E-state index is -0.963. The molecule has 0 spiro atoms. The molecule has 0 saturated carbocycles. The highest BCUT2D eigenvalue weighted by atomic mass is 16.5. The van der Waals surface area contributed by atoms with E-state index in [1.165, 1.54) is 4.90 Å². The maximum Gasteiger partial charge on any atom is 0.301 e. The topological polar surface area (TPSA) is 102 Å². The fraction of sp³-hybridized carbons (Fsp3) is 0.167. The molecule has 1 aliphatic rings. The highest BCUT2D eigenvalue weighted by Gasteiger charge is 2.48. The molecule has 1 atom stereocenters. The van der Waals surface area contributed by atoms with Crippen LogP contribution >= 0.6 is 0 Å². The van der Waals surface area contributed by atoms with Crippen LogP contribution in [-0.4, -0.2) is 28.6 Å². The smallest absolute Gasteiger partial charge is 0.301 e. The lowest BCUT2D eigenvalue weighted by molar-refractivity contribution is -0.132. The van der Waals surface area contributed by atoms with Gasteiger partial charge in [-0.2, -0.15) is 0 Å². The summed E-state index contributed by atoms with van der Waals surface area (Å²) in [4.78, 5) is 27.9. The Kier molecular flexibility index (Phi) is 6.95. The average Bonchev–Trinajstić information content (AvgIpc) is 3.48. The third-order valence-electron chi connectivity index (χ3n) is 6.06. The molecular formula is C30H26N2O6. The van der Waals surface area contributed by atoms with Gasteiger partial charge in [-0.1, -0.05) is 42.4 Å². The molecule has 8 heteroatoms. The number of Topliss-reactive ketones (excluding diaryl/α,β-unsaturated/α-hetero) is 1. The number of rotatable bonds is 8. The van der Waals surface area contributed by atoms with Crippen molar-refractivity contribution in [3.8, 4) is 17.2 Å². The number of amides is 1. The van der Waals surface area contributed by atoms with Gasteiger partial charge in [-0.15, -0.1) is 0 Å². The Labute approximate surface area is 219 Å². The minimum absolute atomic E-state index is 0.0604. The van der Waals surface area contributed by atoms with E-state index in [1.807, 2.05) is 37.3 Å². The molecule has 8 nitrogen and oxygen atoms in total. The molecule has 1 N–H and O–H groups in total. The molecule has 1 aromatic heterocycles. The first-order valence-corrected chi connectivity index (χ1v) is 12.3. The zero-order valence-electron chi connectivity index (χ0n) is 21.0. The van der Waals surface area contributed by atoms with Gasteiger partial charge in [-0.3, -0.25) is 14.5 Å². The minimum Gasteiger partial charge on any atom is -0.507 e. The van der Waals surface area contributed by atoms with Gasteiger partial charge in [0.15, 0.2) is 5.82 Å². The average molecular weight is 511 g/mol. The van der Waals surface area contributed by atoms with Gasteiger partial charge in [0.05, 0.1) is 18.2 Å². The van der Waals surface area contributed by atoms with Gasteiger partial charge in [-0.05, 0) is 67.4 Å². The number of nitrogens with zero attached hydrogens (tertiary/aromatic N) is 2. The predicted molar refractivity (Wildman–Crippen MR) is 141 cm³/mol. The van der Waals surface area contributed by atoms with Gasteiger partial charge in [0.25, 0.3) is 5.78 Å². The molecule has 0 bridgehead atoms. The summed E-state index contributed by atoms with van der Waals surface area (Å²) < 4.78 is 16.8. The van der Waals surface area contributed by atoms with Crippen molar-refractivity contribution in [1.82, 2.24) is 5.16 Å². The fourth-order valence-electron chi connectivity index (χ4n) is 4.31. The Morgan fingerprint density at radius 1 is 0.947 bits per heavy atom. The monoisotopic (exact) mass is 510 g/mol. The first kappa shape index (κ1) is 24.8. The number of benzene rings is 3. The number of para-hydroxylation sites is 1. The van der Waals surface area contributed by atoms with E-state index >= 15 is 0 Å². The second-order valence-electron chi connectivity index (χ2n) is 8.83. The molecular weight excluding hydrogens is 484 g/mol. The number of hydrogen-bond acceptors (Lipinski definition) is 7. The molecule has 1 aliphatic heterocycles. The molecule has 1 unspecified atom stereocenters. The molecule has 1 saturated heterocycles. The van der Waals surface area contributed by atoms with Crippen molar-refractivity contribution in [3.63, 3.8) is 0 Å². The second-order valence-corrected chi connectivity index (χ2v) is 8.83. The molecule has 3 aromatic carbocycles. The summed E-state index contributed by atoms with van der Waals surface area (Å²) in [5.41, 5.74) is 0.877. The van der Waals surface area contributed by atoms with E-state index in [0.717, 1.165) is 6.42 Å². The van der Waals surface area contributed by atoms with Gasteiger partial charge >= 0.3 is 5.91 Å². The third-order valence-corrected chi connectivity index (χ3v) is 6.06. The van der Waals surface area contributed by atoms with Crippen LogP contribution in [-0.2, 0) is 9.59 Å². The zero-order valence-corrected chi connectivity index (χ0v) is 21.0. The van der Waals surface area contributed by atoms with Crippen molar-refractivity contribution < 1.29 is 28.7 Å². The van der Waals surface area contributed by atoms with Gasteiger partial charge in [-0.25, -0.2) is 0 Å². The summed E-state index contributed by atoms with van der Waals surface area (Å²) >= 11 is 0. The van der Waals surface area contributed by atoms with Crippen molar-refractivity contribution in [2.24, 2.45) is 0 Å². The molecule has 192 valence electrons. The fourth-order valence-corrected chi connectivity index (χ4v) is 4.31. The van der Waals surface area contributed by atoms with Crippen LogP contribution in [0.3, 0.4) is 0 Å². The van der Waals surface area contributed by atoms with E-state index in [9.17, 15) is 14.7 Å². The summed E-state index contributed by atoms with van der Waals surface area (Å²) in [5, 5.41) is 15.3. The van der Waals surface area contributed by atoms with Crippen LogP contribution in [0.4, 0.5) is 5.82 Å². The number of carbonyl (C=O) groups is 2. The van der Waals surface area contributed by atoms with Gasteiger partial charge in [0.1, 0.15) is 28.8 Å². The van der Waals surface area contributed by atoms with Crippen LogP contribution < -0.4 is 14.4 Å². The van der Waals surface area contributed by atoms with E-state index in [4.69, 9.17) is 14.0 Å². The van der Waals surface area contributed by atoms with Crippen molar-refractivity contribution in [1.29, 1.82) is 0 Å². The number of aliphatic hydroxyl groups excluding tert-OH is 1. The number of aryl methyl sites for hydroxylation is 1. The number of hydrogen-bond donors (Lipinski definition) is 1. The van der Waals surface area contributed by atoms with E-state index in [0.29, 0.717) is 40.7 Å². The summed E-state index contributed by atoms with van der Waals surface area (Å²) in [6, 6.07) is 23.6. The largest absolute Gasteiger partial charge is 0.507 e. The lowest BCUT2D eigenvalue weighted by Gasteiger charge is -2.23. The van der Waals surface area contributed by atoms with E-state index in [-0.39, 0.29) is 17.2 Å². The highest BCUT2D eigenvalue weighted by Crippen LogP contribution is 2.43. The van der Waals surface area contributed by atoms with Crippen molar-refractivity contribution in [2.45, 2.75) is 26.3 Å². The van der Waals surface area contributed by atoms with Crippen molar-refractivity contribution >= 4 is 23.3 Å². The molecule has 2 heterocycles. The Morgan fingerprint density at radius 2 is 1.68 bits per heavy atom. The maximum absolute atomic E-state index is 13.4. The van der Waals surface area contributed by atoms with Crippen LogP contribution in [0.5, 0.6) is 17.2 Å². The van der Waals surface area contributed by atoms with Crippen LogP contribution in [0.2, 0.25) is 0 Å². The summed E-state index contributed by atoms with van der Waals surface area (Å²) in [5.74, 6) is 0.493. The Hall–Kier alpha value is -4.85. The Morgan fingerprint density at radius 3 is 2.37 bits per heavy atom. The number of anilines is 1. The molecule has 5 rings (SSSR count). The number of ketones is 1. The summed E-state index contributed by atoms with van der Waals surface area (Å²) in [6.07, 6.45) is 0.861. The number of carbonyl (C=O) groups excluding carboxylic acids is 2. The normalized spacial score (nSPS) is 16.6. The maximum atomic E-state index is 13.4. The van der Waals surface area contributed by atoms with Crippen LogP contribution in [0.25, 0.3) is 5.76 Å². The van der Waals surface area contributed by atoms with Gasteiger partial charge < -0.3 is 19.1 Å².